The van der Waals surface area contributed by atoms with E-state index in [-0.39, 0.29) is 30.6 Å². The van der Waals surface area contributed by atoms with Crippen molar-refractivity contribution in [1.29, 1.82) is 0 Å². The minimum atomic E-state index is -3.64. The third-order valence-corrected chi connectivity index (χ3v) is 5.98. The summed E-state index contributed by atoms with van der Waals surface area (Å²) < 4.78 is 34.9. The van der Waals surface area contributed by atoms with Crippen molar-refractivity contribution >= 4 is 10.0 Å². The normalized spacial score (nSPS) is 17.6. The molecule has 4 heterocycles. The fourth-order valence-electron chi connectivity index (χ4n) is 2.92. The van der Waals surface area contributed by atoms with Gasteiger partial charge in [-0.05, 0) is 24.3 Å². The van der Waals surface area contributed by atoms with E-state index < -0.39 is 10.0 Å². The predicted octanol–water partition coefficient (Wildman–Crippen LogP) is 1.50. The van der Waals surface area contributed by atoms with Gasteiger partial charge in [0.2, 0.25) is 15.9 Å². The fraction of sp³-hybridized carbons (Fsp3) is 0.235. The van der Waals surface area contributed by atoms with E-state index >= 15 is 0 Å². The highest BCUT2D eigenvalue weighted by Crippen LogP contribution is 2.26. The maximum absolute atomic E-state index is 12.9. The largest absolute Gasteiger partial charge is 0.475 e. The van der Waals surface area contributed by atoms with E-state index in [0.29, 0.717) is 5.88 Å². The van der Waals surface area contributed by atoms with Gasteiger partial charge in [-0.2, -0.15) is 9.40 Å². The number of aromatic nitrogens is 4. The molecule has 3 aromatic rings. The van der Waals surface area contributed by atoms with E-state index in [9.17, 15) is 8.42 Å². The molecule has 0 bridgehead atoms. The minimum absolute atomic E-state index is 0.178. The molecule has 0 aromatic carbocycles. The molecule has 0 aliphatic carbocycles. The van der Waals surface area contributed by atoms with Crippen LogP contribution in [0, 0.1) is 0 Å². The summed E-state index contributed by atoms with van der Waals surface area (Å²) in [5.74, 6) is 0.494. The van der Waals surface area contributed by atoms with E-state index in [1.54, 1.807) is 42.9 Å². The zero-order chi connectivity index (χ0) is 18.0. The number of fused-ring (bicyclic) bond motifs is 1. The molecule has 9 heteroatoms. The lowest BCUT2D eigenvalue weighted by Crippen LogP contribution is -2.43. The molecular weight excluding hydrogens is 354 g/mol. The van der Waals surface area contributed by atoms with Gasteiger partial charge in [0.25, 0.3) is 0 Å². The van der Waals surface area contributed by atoms with E-state index in [2.05, 4.69) is 15.1 Å². The predicted molar refractivity (Wildman–Crippen MR) is 92.8 cm³/mol. The van der Waals surface area contributed by atoms with Crippen molar-refractivity contribution in [3.05, 3.63) is 66.9 Å². The van der Waals surface area contributed by atoms with Crippen molar-refractivity contribution in [3.63, 3.8) is 0 Å². The molecule has 26 heavy (non-hydrogen) atoms. The molecule has 1 aliphatic rings. The molecule has 0 saturated carbocycles. The van der Waals surface area contributed by atoms with Crippen LogP contribution >= 0.6 is 0 Å². The Labute approximate surface area is 151 Å². The number of hydrogen-bond acceptors (Lipinski definition) is 6. The topological polar surface area (TPSA) is 90.2 Å². The molecule has 134 valence electrons. The first-order chi connectivity index (χ1) is 12.6. The second-order valence-corrected chi connectivity index (χ2v) is 7.82. The van der Waals surface area contributed by atoms with Crippen LogP contribution in [0.25, 0.3) is 0 Å². The number of sulfonamides is 1. The van der Waals surface area contributed by atoms with Crippen LogP contribution in [0.4, 0.5) is 0 Å². The Bertz CT molecular complexity index is 976. The van der Waals surface area contributed by atoms with Crippen molar-refractivity contribution in [2.75, 3.05) is 13.2 Å². The molecule has 0 radical (unpaired) electrons. The summed E-state index contributed by atoms with van der Waals surface area (Å²) in [4.78, 5) is 8.23. The third-order valence-electron chi connectivity index (χ3n) is 4.18. The SMILES string of the molecule is O=S(=O)(c1cccnc1)N1Cc2ccnn2[C@H](COc2ccccn2)C1. The first kappa shape index (κ1) is 16.7. The first-order valence-electron chi connectivity index (χ1n) is 8.11. The first-order valence-corrected chi connectivity index (χ1v) is 9.55. The number of hydrogen-bond donors (Lipinski definition) is 0. The number of nitrogens with zero attached hydrogens (tertiary/aromatic N) is 5. The van der Waals surface area contributed by atoms with Gasteiger partial charge in [-0.3, -0.25) is 9.67 Å². The third kappa shape index (κ3) is 3.18. The van der Waals surface area contributed by atoms with Crippen LogP contribution in [-0.4, -0.2) is 45.6 Å². The summed E-state index contributed by atoms with van der Waals surface area (Å²) in [7, 11) is -3.64. The molecule has 8 nitrogen and oxygen atoms in total. The Morgan fingerprint density at radius 2 is 2.04 bits per heavy atom. The van der Waals surface area contributed by atoms with Crippen molar-refractivity contribution in [2.45, 2.75) is 17.5 Å². The Hall–Kier alpha value is -2.78. The Balaban J connectivity index is 1.58. The Morgan fingerprint density at radius 1 is 1.12 bits per heavy atom. The van der Waals surface area contributed by atoms with Gasteiger partial charge < -0.3 is 4.74 Å². The van der Waals surface area contributed by atoms with Crippen LogP contribution in [0.15, 0.2) is 66.1 Å². The highest BCUT2D eigenvalue weighted by molar-refractivity contribution is 7.89. The number of ether oxygens (including phenoxy) is 1. The lowest BCUT2D eigenvalue weighted by atomic mass is 10.2. The van der Waals surface area contributed by atoms with Crippen LogP contribution in [0.5, 0.6) is 5.88 Å². The summed E-state index contributed by atoms with van der Waals surface area (Å²) in [5.41, 5.74) is 0.818. The molecule has 0 N–H and O–H groups in total. The Kier molecular flexibility index (Phi) is 4.39. The van der Waals surface area contributed by atoms with E-state index in [1.807, 2.05) is 16.8 Å². The van der Waals surface area contributed by atoms with Crippen LogP contribution in [0.2, 0.25) is 0 Å². The van der Waals surface area contributed by atoms with E-state index in [0.717, 1.165) is 5.69 Å². The Morgan fingerprint density at radius 3 is 2.81 bits per heavy atom. The molecule has 0 fully saturated rings. The number of rotatable bonds is 5. The van der Waals surface area contributed by atoms with E-state index in [1.165, 1.54) is 10.5 Å². The average Bonchev–Trinajstić information content (AvgIpc) is 3.16. The van der Waals surface area contributed by atoms with Crippen molar-refractivity contribution in [2.24, 2.45) is 0 Å². The maximum atomic E-state index is 12.9. The highest BCUT2D eigenvalue weighted by Gasteiger charge is 2.34. The zero-order valence-electron chi connectivity index (χ0n) is 13.8. The van der Waals surface area contributed by atoms with E-state index in [4.69, 9.17) is 4.74 Å². The van der Waals surface area contributed by atoms with Crippen LogP contribution in [-0.2, 0) is 16.6 Å². The second kappa shape index (κ2) is 6.85. The molecule has 0 unspecified atom stereocenters. The molecule has 3 aromatic heterocycles. The maximum Gasteiger partial charge on any atom is 0.245 e. The quantitative estimate of drug-likeness (QED) is 0.675. The molecule has 0 spiro atoms. The average molecular weight is 371 g/mol. The van der Waals surface area contributed by atoms with Gasteiger partial charge in [-0.1, -0.05) is 6.07 Å². The number of pyridine rings is 2. The summed E-state index contributed by atoms with van der Waals surface area (Å²) in [6, 6.07) is 10.1. The van der Waals surface area contributed by atoms with Crippen LogP contribution in [0.1, 0.15) is 11.7 Å². The van der Waals surface area contributed by atoms with Gasteiger partial charge in [-0.15, -0.1) is 0 Å². The summed E-state index contributed by atoms with van der Waals surface area (Å²) in [6.07, 6.45) is 6.23. The van der Waals surface area contributed by atoms with Gasteiger partial charge in [0, 0.05) is 37.4 Å². The molecule has 0 saturated heterocycles. The van der Waals surface area contributed by atoms with Gasteiger partial charge >= 0.3 is 0 Å². The van der Waals surface area contributed by atoms with Crippen LogP contribution < -0.4 is 4.74 Å². The van der Waals surface area contributed by atoms with Crippen molar-refractivity contribution < 1.29 is 13.2 Å². The molecule has 4 rings (SSSR count). The molecule has 0 amide bonds. The fourth-order valence-corrected chi connectivity index (χ4v) is 4.34. The summed E-state index contributed by atoms with van der Waals surface area (Å²) in [6.45, 7) is 0.792. The molecule has 1 atom stereocenters. The second-order valence-electron chi connectivity index (χ2n) is 5.89. The molecular formula is C17H17N5O3S. The van der Waals surface area contributed by atoms with Gasteiger partial charge in [-0.25, -0.2) is 13.4 Å². The monoisotopic (exact) mass is 371 g/mol. The summed E-state index contributed by atoms with van der Waals surface area (Å²) >= 11 is 0. The summed E-state index contributed by atoms with van der Waals surface area (Å²) in [5, 5.41) is 4.32. The lowest BCUT2D eigenvalue weighted by Gasteiger charge is -2.32. The minimum Gasteiger partial charge on any atom is -0.475 e. The van der Waals surface area contributed by atoms with Crippen molar-refractivity contribution in [3.8, 4) is 5.88 Å². The standard InChI is InChI=1S/C17H17N5O3S/c23-26(24,16-4-3-7-18-10-16)21-11-14-6-9-20-22(14)15(12-21)13-25-17-5-1-2-8-19-17/h1-10,15H,11-13H2/t15-/m0/s1. The van der Waals surface area contributed by atoms with Crippen LogP contribution in [0.3, 0.4) is 0 Å². The van der Waals surface area contributed by atoms with Gasteiger partial charge in [0.15, 0.2) is 0 Å². The zero-order valence-corrected chi connectivity index (χ0v) is 14.7. The highest BCUT2D eigenvalue weighted by atomic mass is 32.2. The van der Waals surface area contributed by atoms with Gasteiger partial charge in [0.1, 0.15) is 17.5 Å². The van der Waals surface area contributed by atoms with Gasteiger partial charge in [0.05, 0.1) is 12.2 Å². The lowest BCUT2D eigenvalue weighted by molar-refractivity contribution is 0.178. The smallest absolute Gasteiger partial charge is 0.245 e. The molecule has 1 aliphatic heterocycles. The van der Waals surface area contributed by atoms with Crippen molar-refractivity contribution in [1.82, 2.24) is 24.1 Å².